The van der Waals surface area contributed by atoms with Crippen molar-refractivity contribution in [3.63, 3.8) is 0 Å². The zero-order valence-corrected chi connectivity index (χ0v) is 11.5. The van der Waals surface area contributed by atoms with E-state index in [-0.39, 0.29) is 16.8 Å². The highest BCUT2D eigenvalue weighted by atomic mass is 32.2. The lowest BCUT2D eigenvalue weighted by atomic mass is 10.1. The van der Waals surface area contributed by atoms with Crippen LogP contribution in [0.15, 0.2) is 18.2 Å². The first-order chi connectivity index (χ1) is 8.56. The van der Waals surface area contributed by atoms with Crippen LogP contribution in [0.5, 0.6) is 0 Å². The van der Waals surface area contributed by atoms with E-state index < -0.39 is 10.8 Å². The molecule has 18 heavy (non-hydrogen) atoms. The molecule has 1 heterocycles. The summed E-state index contributed by atoms with van der Waals surface area (Å²) in [6.07, 6.45) is 1.62. The third-order valence-electron chi connectivity index (χ3n) is 3.00. The molecular formula is C12H15FN2OS2. The minimum Gasteiger partial charge on any atom is -0.389 e. The van der Waals surface area contributed by atoms with Crippen LogP contribution in [0, 0.1) is 5.82 Å². The maximum Gasteiger partial charge on any atom is 0.146 e. The third kappa shape index (κ3) is 3.26. The quantitative estimate of drug-likeness (QED) is 0.832. The smallest absolute Gasteiger partial charge is 0.146 e. The monoisotopic (exact) mass is 286 g/mol. The molecule has 3 N–H and O–H groups in total. The Bertz CT molecular complexity index is 483. The van der Waals surface area contributed by atoms with Crippen LogP contribution in [-0.2, 0) is 10.8 Å². The number of halogens is 1. The van der Waals surface area contributed by atoms with Crippen LogP contribution in [-0.4, -0.2) is 26.7 Å². The summed E-state index contributed by atoms with van der Waals surface area (Å²) in [6, 6.07) is 4.88. The van der Waals surface area contributed by atoms with Gasteiger partial charge in [-0.25, -0.2) is 4.39 Å². The van der Waals surface area contributed by atoms with Crippen LogP contribution in [0.4, 0.5) is 10.1 Å². The summed E-state index contributed by atoms with van der Waals surface area (Å²) in [7, 11) is -0.701. The van der Waals surface area contributed by atoms with Crippen molar-refractivity contribution in [1.29, 1.82) is 0 Å². The van der Waals surface area contributed by atoms with E-state index in [0.29, 0.717) is 22.8 Å². The molecule has 1 saturated heterocycles. The van der Waals surface area contributed by atoms with Crippen molar-refractivity contribution in [1.82, 2.24) is 0 Å². The molecule has 3 nitrogen and oxygen atoms in total. The SMILES string of the molecule is NC(=S)c1ccc(NC2CCS(=O)CC2)c(F)c1. The second kappa shape index (κ2) is 5.75. The Labute approximate surface area is 113 Å². The highest BCUT2D eigenvalue weighted by Gasteiger charge is 2.18. The first kappa shape index (κ1) is 13.4. The maximum absolute atomic E-state index is 13.8. The normalized spacial score (nSPS) is 23.6. The van der Waals surface area contributed by atoms with Crippen molar-refractivity contribution in [3.05, 3.63) is 29.6 Å². The molecule has 0 saturated carbocycles. The van der Waals surface area contributed by atoms with Crippen LogP contribution in [0.1, 0.15) is 18.4 Å². The summed E-state index contributed by atoms with van der Waals surface area (Å²) in [5.74, 6) is 1.01. The van der Waals surface area contributed by atoms with Crippen molar-refractivity contribution in [2.24, 2.45) is 5.73 Å². The topological polar surface area (TPSA) is 55.1 Å². The Hall–Kier alpha value is -1.01. The molecule has 1 aromatic carbocycles. The second-order valence-electron chi connectivity index (χ2n) is 4.33. The number of anilines is 1. The van der Waals surface area contributed by atoms with Gasteiger partial charge in [-0.05, 0) is 31.0 Å². The molecule has 0 spiro atoms. The van der Waals surface area contributed by atoms with Crippen LogP contribution >= 0.6 is 12.2 Å². The number of rotatable bonds is 3. The average Bonchev–Trinajstić information content (AvgIpc) is 2.34. The second-order valence-corrected chi connectivity index (χ2v) is 6.46. The first-order valence-electron chi connectivity index (χ1n) is 5.77. The number of hydrogen-bond acceptors (Lipinski definition) is 3. The number of thiocarbonyl (C=S) groups is 1. The van der Waals surface area contributed by atoms with E-state index in [0.717, 1.165) is 12.8 Å². The summed E-state index contributed by atoms with van der Waals surface area (Å²) in [5.41, 5.74) is 6.42. The fourth-order valence-corrected chi connectivity index (χ4v) is 3.37. The van der Waals surface area contributed by atoms with Crippen molar-refractivity contribution in [3.8, 4) is 0 Å². The lowest BCUT2D eigenvalue weighted by Gasteiger charge is -2.23. The van der Waals surface area contributed by atoms with Crippen LogP contribution in [0.25, 0.3) is 0 Å². The summed E-state index contributed by atoms with van der Waals surface area (Å²) < 4.78 is 25.0. The van der Waals surface area contributed by atoms with Gasteiger partial charge in [0.2, 0.25) is 0 Å². The number of hydrogen-bond donors (Lipinski definition) is 2. The molecule has 1 aliphatic rings. The lowest BCUT2D eigenvalue weighted by Crippen LogP contribution is -2.29. The van der Waals surface area contributed by atoms with Crippen molar-refractivity contribution >= 4 is 33.7 Å². The number of nitrogens with one attached hydrogen (secondary N) is 1. The third-order valence-corrected chi connectivity index (χ3v) is 4.62. The lowest BCUT2D eigenvalue weighted by molar-refractivity contribution is 0.604. The zero-order chi connectivity index (χ0) is 13.1. The van der Waals surface area contributed by atoms with E-state index >= 15 is 0 Å². The van der Waals surface area contributed by atoms with Gasteiger partial charge in [-0.1, -0.05) is 12.2 Å². The Kier molecular flexibility index (Phi) is 4.29. The molecule has 1 aliphatic heterocycles. The Balaban J connectivity index is 2.05. The van der Waals surface area contributed by atoms with Gasteiger partial charge in [0.1, 0.15) is 10.8 Å². The van der Waals surface area contributed by atoms with E-state index in [9.17, 15) is 8.60 Å². The highest BCUT2D eigenvalue weighted by molar-refractivity contribution is 7.85. The fraction of sp³-hybridized carbons (Fsp3) is 0.417. The molecule has 0 amide bonds. The van der Waals surface area contributed by atoms with Crippen LogP contribution in [0.3, 0.4) is 0 Å². The molecule has 0 aliphatic carbocycles. The van der Waals surface area contributed by atoms with Gasteiger partial charge in [-0.3, -0.25) is 4.21 Å². The van der Waals surface area contributed by atoms with E-state index in [1.165, 1.54) is 6.07 Å². The first-order valence-corrected chi connectivity index (χ1v) is 7.67. The molecule has 6 heteroatoms. The molecular weight excluding hydrogens is 271 g/mol. The van der Waals surface area contributed by atoms with Crippen molar-refractivity contribution in [2.45, 2.75) is 18.9 Å². The Morgan fingerprint density at radius 1 is 1.44 bits per heavy atom. The largest absolute Gasteiger partial charge is 0.389 e. The minimum atomic E-state index is -0.701. The molecule has 1 fully saturated rings. The van der Waals surface area contributed by atoms with Gasteiger partial charge in [0, 0.05) is 33.9 Å². The predicted octanol–water partition coefficient (Wildman–Crippen LogP) is 1.78. The molecule has 0 bridgehead atoms. The Morgan fingerprint density at radius 2 is 2.11 bits per heavy atom. The molecule has 1 aromatic rings. The van der Waals surface area contributed by atoms with E-state index in [1.54, 1.807) is 12.1 Å². The average molecular weight is 286 g/mol. The van der Waals surface area contributed by atoms with Crippen molar-refractivity contribution in [2.75, 3.05) is 16.8 Å². The number of benzene rings is 1. The molecule has 0 aromatic heterocycles. The van der Waals surface area contributed by atoms with E-state index in [1.807, 2.05) is 0 Å². The summed E-state index contributed by atoms with van der Waals surface area (Å²) >= 11 is 4.80. The standard InChI is InChI=1S/C12H15FN2OS2/c13-10-7-8(12(14)17)1-2-11(10)15-9-3-5-18(16)6-4-9/h1-2,7,9,15H,3-6H2,(H2,14,17). The number of nitrogens with two attached hydrogens (primary N) is 1. The summed E-state index contributed by atoms with van der Waals surface area (Å²) in [4.78, 5) is 0.188. The van der Waals surface area contributed by atoms with Crippen molar-refractivity contribution < 1.29 is 8.60 Å². The predicted molar refractivity (Wildman–Crippen MR) is 76.8 cm³/mol. The molecule has 98 valence electrons. The molecule has 2 rings (SSSR count). The van der Waals surface area contributed by atoms with Gasteiger partial charge in [0.05, 0.1) is 5.69 Å². The Morgan fingerprint density at radius 3 is 2.67 bits per heavy atom. The fourth-order valence-electron chi connectivity index (χ4n) is 1.94. The van der Waals surface area contributed by atoms with Crippen LogP contribution in [0.2, 0.25) is 0 Å². The maximum atomic E-state index is 13.8. The van der Waals surface area contributed by atoms with Gasteiger partial charge < -0.3 is 11.1 Å². The van der Waals surface area contributed by atoms with E-state index in [4.69, 9.17) is 18.0 Å². The van der Waals surface area contributed by atoms with Gasteiger partial charge in [0.15, 0.2) is 0 Å². The van der Waals surface area contributed by atoms with Crippen LogP contribution < -0.4 is 11.1 Å². The minimum absolute atomic E-state index is 0.188. The summed E-state index contributed by atoms with van der Waals surface area (Å²) in [5, 5.41) is 3.14. The molecule has 0 atom stereocenters. The van der Waals surface area contributed by atoms with Gasteiger partial charge in [-0.15, -0.1) is 0 Å². The zero-order valence-electron chi connectivity index (χ0n) is 9.82. The summed E-state index contributed by atoms with van der Waals surface area (Å²) in [6.45, 7) is 0. The van der Waals surface area contributed by atoms with Gasteiger partial charge in [-0.2, -0.15) is 0 Å². The highest BCUT2D eigenvalue weighted by Crippen LogP contribution is 2.20. The van der Waals surface area contributed by atoms with E-state index in [2.05, 4.69) is 5.32 Å². The van der Waals surface area contributed by atoms with Gasteiger partial charge in [0.25, 0.3) is 0 Å². The molecule has 0 unspecified atom stereocenters. The van der Waals surface area contributed by atoms with Gasteiger partial charge >= 0.3 is 0 Å². The molecule has 0 radical (unpaired) electrons.